The highest BCUT2D eigenvalue weighted by atomic mass is 32.1. The number of aromatic hydroxyl groups is 1. The molecule has 0 saturated carbocycles. The highest BCUT2D eigenvalue weighted by Crippen LogP contribution is 2.45. The smallest absolute Gasteiger partial charge is 0.164 e. The van der Waals surface area contributed by atoms with Gasteiger partial charge in [-0.2, -0.15) is 0 Å². The van der Waals surface area contributed by atoms with Gasteiger partial charge in [0.2, 0.25) is 0 Å². The van der Waals surface area contributed by atoms with E-state index in [1.807, 2.05) is 30.5 Å². The Morgan fingerprint density at radius 1 is 0.604 bits per heavy atom. The third-order valence-corrected chi connectivity index (χ3v) is 10.9. The number of thiophene rings is 1. The summed E-state index contributed by atoms with van der Waals surface area (Å²) in [6.07, 6.45) is 1.83. The third-order valence-electron chi connectivity index (χ3n) is 9.73. The number of pyridine rings is 1. The van der Waals surface area contributed by atoms with Gasteiger partial charge in [0.1, 0.15) is 11.6 Å². The van der Waals surface area contributed by atoms with Crippen molar-refractivity contribution in [2.45, 2.75) is 52.4 Å². The zero-order valence-corrected chi connectivity index (χ0v) is 31.7. The number of fused-ring (bicyclic) bond motifs is 3. The molecule has 0 aliphatic heterocycles. The van der Waals surface area contributed by atoms with E-state index < -0.39 is 0 Å². The molecule has 3 aromatic heterocycles. The zero-order chi connectivity index (χ0) is 36.9. The molecule has 262 valence electrons. The van der Waals surface area contributed by atoms with Crippen LogP contribution in [-0.2, 0) is 10.8 Å². The monoisotopic (exact) mass is 710 g/mol. The highest BCUT2D eigenvalue weighted by Gasteiger charge is 2.28. The first-order valence-corrected chi connectivity index (χ1v) is 18.8. The second-order valence-corrected chi connectivity index (χ2v) is 16.6. The van der Waals surface area contributed by atoms with Crippen molar-refractivity contribution >= 4 is 48.8 Å². The van der Waals surface area contributed by atoms with Crippen molar-refractivity contribution in [1.82, 2.24) is 15.0 Å². The summed E-state index contributed by atoms with van der Waals surface area (Å²) in [4.78, 5) is 17.5. The summed E-state index contributed by atoms with van der Waals surface area (Å²) < 4.78 is 2.15. The van der Waals surface area contributed by atoms with Crippen molar-refractivity contribution in [2.24, 2.45) is 0 Å². The first kappa shape index (κ1) is 34.2. The van der Waals surface area contributed by atoms with Gasteiger partial charge in [-0.25, -0.2) is 15.0 Å². The molecule has 0 atom stereocenters. The van der Waals surface area contributed by atoms with E-state index in [2.05, 4.69) is 156 Å². The molecule has 0 amide bonds. The number of hydrogen-bond acceptors (Lipinski definition) is 6. The van der Waals surface area contributed by atoms with Crippen molar-refractivity contribution < 1.29 is 5.11 Å². The Hall–Kier alpha value is -5.85. The van der Waals surface area contributed by atoms with Crippen molar-refractivity contribution in [3.8, 4) is 39.5 Å². The lowest BCUT2D eigenvalue weighted by Gasteiger charge is -2.27. The summed E-state index contributed by atoms with van der Waals surface area (Å²) in [5.41, 5.74) is 9.15. The molecule has 0 unspecified atom stereocenters. The second-order valence-electron chi connectivity index (χ2n) is 15.6. The van der Waals surface area contributed by atoms with Gasteiger partial charge < -0.3 is 5.11 Å². The Kier molecular flexibility index (Phi) is 8.58. The normalized spacial score (nSPS) is 12.0. The molecule has 5 aromatic carbocycles. The van der Waals surface area contributed by atoms with Gasteiger partial charge in [-0.1, -0.05) is 126 Å². The van der Waals surface area contributed by atoms with Crippen LogP contribution in [0.3, 0.4) is 0 Å². The number of anilines is 3. The predicted octanol–water partition coefficient (Wildman–Crippen LogP) is 13.0. The molecule has 0 aliphatic carbocycles. The van der Waals surface area contributed by atoms with Gasteiger partial charge in [-0.3, -0.25) is 4.90 Å². The van der Waals surface area contributed by atoms with Crippen LogP contribution in [0.1, 0.15) is 52.7 Å². The van der Waals surface area contributed by atoms with E-state index in [0.717, 1.165) is 65.4 Å². The van der Waals surface area contributed by atoms with Gasteiger partial charge in [-0.05, 0) is 76.1 Å². The highest BCUT2D eigenvalue weighted by molar-refractivity contribution is 7.26. The fourth-order valence-corrected chi connectivity index (χ4v) is 8.00. The van der Waals surface area contributed by atoms with Crippen LogP contribution >= 0.6 is 11.3 Å². The molecule has 3 heterocycles. The van der Waals surface area contributed by atoms with Crippen LogP contribution in [0.5, 0.6) is 5.75 Å². The summed E-state index contributed by atoms with van der Waals surface area (Å²) in [5.74, 6) is 1.55. The van der Waals surface area contributed by atoms with Gasteiger partial charge >= 0.3 is 0 Å². The van der Waals surface area contributed by atoms with Crippen molar-refractivity contribution in [3.63, 3.8) is 0 Å². The number of phenolic OH excluding ortho intramolecular Hbond substituents is 1. The third kappa shape index (κ3) is 6.55. The van der Waals surface area contributed by atoms with Crippen LogP contribution in [-0.4, -0.2) is 20.1 Å². The number of hydrogen-bond donors (Lipinski definition) is 1. The van der Waals surface area contributed by atoms with E-state index in [1.165, 1.54) is 5.56 Å². The molecule has 0 fully saturated rings. The van der Waals surface area contributed by atoms with E-state index >= 15 is 0 Å². The van der Waals surface area contributed by atoms with Crippen LogP contribution in [0.2, 0.25) is 0 Å². The summed E-state index contributed by atoms with van der Waals surface area (Å²) in [7, 11) is 0. The summed E-state index contributed by atoms with van der Waals surface area (Å²) in [5, 5.41) is 13.0. The van der Waals surface area contributed by atoms with Crippen LogP contribution < -0.4 is 4.90 Å². The summed E-state index contributed by atoms with van der Waals surface area (Å²) >= 11 is 1.70. The lowest BCUT2D eigenvalue weighted by molar-refractivity contribution is 0.446. The van der Waals surface area contributed by atoms with Crippen molar-refractivity contribution in [1.29, 1.82) is 0 Å². The Morgan fingerprint density at radius 2 is 1.30 bits per heavy atom. The minimum atomic E-state index is -0.287. The quantitative estimate of drug-likeness (QED) is 0.186. The minimum Gasteiger partial charge on any atom is -0.507 e. The molecule has 8 rings (SSSR count). The fourth-order valence-electron chi connectivity index (χ4n) is 6.84. The molecule has 0 spiro atoms. The van der Waals surface area contributed by atoms with Gasteiger partial charge in [0.05, 0.1) is 21.5 Å². The van der Waals surface area contributed by atoms with Gasteiger partial charge in [0, 0.05) is 38.8 Å². The topological polar surface area (TPSA) is 62.1 Å². The molecule has 5 nitrogen and oxygen atoms in total. The zero-order valence-electron chi connectivity index (χ0n) is 30.9. The van der Waals surface area contributed by atoms with E-state index in [4.69, 9.17) is 15.0 Å². The Bertz CT molecular complexity index is 2580. The van der Waals surface area contributed by atoms with E-state index in [9.17, 15) is 5.11 Å². The molecule has 0 aliphatic rings. The molecule has 0 saturated heterocycles. The molecule has 53 heavy (non-hydrogen) atoms. The molecule has 6 heteroatoms. The SMILES string of the molecule is CC(C)(C)c1cc(-c2nc(-c3cccc(N(c4ccc(-c5ccccc5)cc4)c4ccccn4)c3)c3sc4ccccc4c3n2)c(O)c(C(C)(C)C)c1. The first-order valence-electron chi connectivity index (χ1n) is 18.0. The van der Waals surface area contributed by atoms with Crippen LogP contribution in [0, 0.1) is 0 Å². The molecule has 0 bridgehead atoms. The molecular weight excluding hydrogens is 669 g/mol. The first-order chi connectivity index (χ1) is 25.5. The largest absolute Gasteiger partial charge is 0.507 e. The van der Waals surface area contributed by atoms with Crippen LogP contribution in [0.25, 0.3) is 54.1 Å². The molecule has 0 radical (unpaired) electrons. The molecular formula is C47H42N4OS. The van der Waals surface area contributed by atoms with Crippen LogP contribution in [0.15, 0.2) is 140 Å². The van der Waals surface area contributed by atoms with E-state index in [1.54, 1.807) is 11.3 Å². The standard InChI is InChI=1S/C47H42N4OS/c1-46(2,3)33-28-37(43(52)38(29-33)47(4,5)6)45-49-41(44-42(50-45)36-19-10-11-20-39(36)53-44)32-17-14-18-35(27-32)51(40-21-12-13-26-48-40)34-24-22-31(23-25-34)30-15-8-7-9-16-30/h7-29,52H,1-6H3. The van der Waals surface area contributed by atoms with E-state index in [0.29, 0.717) is 11.4 Å². The maximum atomic E-state index is 11.9. The Morgan fingerprint density at radius 3 is 2.02 bits per heavy atom. The van der Waals surface area contributed by atoms with Crippen molar-refractivity contribution in [2.75, 3.05) is 4.90 Å². The lowest BCUT2D eigenvalue weighted by Crippen LogP contribution is -2.17. The Balaban J connectivity index is 1.33. The minimum absolute atomic E-state index is 0.146. The second kappa shape index (κ2) is 13.3. The number of benzene rings is 5. The van der Waals surface area contributed by atoms with Crippen LogP contribution in [0.4, 0.5) is 17.2 Å². The molecule has 1 N–H and O–H groups in total. The Labute approximate surface area is 315 Å². The van der Waals surface area contributed by atoms with Gasteiger partial charge in [-0.15, -0.1) is 11.3 Å². The summed E-state index contributed by atoms with van der Waals surface area (Å²) in [6, 6.07) is 46.1. The lowest BCUT2D eigenvalue weighted by atomic mass is 9.79. The number of phenols is 1. The number of rotatable bonds is 6. The number of nitrogens with zero attached hydrogens (tertiary/aromatic N) is 4. The van der Waals surface area contributed by atoms with E-state index in [-0.39, 0.29) is 16.6 Å². The number of aromatic nitrogens is 3. The predicted molar refractivity (Wildman–Crippen MR) is 223 cm³/mol. The summed E-state index contributed by atoms with van der Waals surface area (Å²) in [6.45, 7) is 13.0. The fraction of sp³-hybridized carbons (Fsp3) is 0.170. The average Bonchev–Trinajstić information content (AvgIpc) is 3.54. The van der Waals surface area contributed by atoms with Crippen molar-refractivity contribution in [3.05, 3.63) is 151 Å². The average molecular weight is 711 g/mol. The van der Waals surface area contributed by atoms with Gasteiger partial charge in [0.25, 0.3) is 0 Å². The molecule has 8 aromatic rings. The maximum absolute atomic E-state index is 11.9. The maximum Gasteiger partial charge on any atom is 0.164 e. The van der Waals surface area contributed by atoms with Gasteiger partial charge in [0.15, 0.2) is 5.82 Å².